The lowest BCUT2D eigenvalue weighted by Gasteiger charge is -2.17. The third-order valence-electron chi connectivity index (χ3n) is 3.25. The second-order valence-corrected chi connectivity index (χ2v) is 6.64. The molecule has 2 aromatic rings. The number of rotatable bonds is 8. The number of para-hydroxylation sites is 1. The van der Waals surface area contributed by atoms with Crippen molar-refractivity contribution in [3.63, 3.8) is 0 Å². The smallest absolute Gasteiger partial charge is 0.261 e. The summed E-state index contributed by atoms with van der Waals surface area (Å²) in [5.74, 6) is 0.110. The van der Waals surface area contributed by atoms with Crippen molar-refractivity contribution in [1.82, 2.24) is 5.32 Å². The fourth-order valence-corrected chi connectivity index (χ4v) is 2.90. The minimum absolute atomic E-state index is 0.0926. The van der Waals surface area contributed by atoms with Crippen LogP contribution in [0.15, 0.2) is 53.4 Å². The van der Waals surface area contributed by atoms with Crippen molar-refractivity contribution in [3.8, 4) is 5.75 Å². The number of benzene rings is 2. The number of nitrogens with one attached hydrogen (secondary N) is 1. The van der Waals surface area contributed by atoms with E-state index in [0.29, 0.717) is 18.0 Å². The lowest BCUT2D eigenvalue weighted by Crippen LogP contribution is -2.39. The Bertz CT molecular complexity index is 666. The highest BCUT2D eigenvalue weighted by Gasteiger charge is 2.19. The summed E-state index contributed by atoms with van der Waals surface area (Å²) in [5.41, 5.74) is 0. The number of ether oxygens (including phenoxy) is 1. The van der Waals surface area contributed by atoms with Gasteiger partial charge in [-0.15, -0.1) is 11.8 Å². The topological polar surface area (TPSA) is 38.3 Å². The number of thioether (sulfide) groups is 1. The van der Waals surface area contributed by atoms with Crippen LogP contribution in [0.5, 0.6) is 5.75 Å². The molecule has 1 atom stereocenters. The summed E-state index contributed by atoms with van der Waals surface area (Å²) >= 11 is 7.46. The molecule has 128 valence electrons. The second kappa shape index (κ2) is 9.55. The maximum Gasteiger partial charge on any atom is 0.261 e. The largest absolute Gasteiger partial charge is 0.478 e. The molecular weight excluding hydrogens is 349 g/mol. The Morgan fingerprint density at radius 1 is 1.25 bits per heavy atom. The third-order valence-corrected chi connectivity index (χ3v) is 4.52. The number of amides is 1. The highest BCUT2D eigenvalue weighted by atomic mass is 35.5. The van der Waals surface area contributed by atoms with Gasteiger partial charge in [0.1, 0.15) is 0 Å². The van der Waals surface area contributed by atoms with Gasteiger partial charge in [-0.3, -0.25) is 4.79 Å². The first kappa shape index (κ1) is 18.6. The zero-order valence-electron chi connectivity index (χ0n) is 13.3. The molecule has 1 N–H and O–H groups in total. The van der Waals surface area contributed by atoms with E-state index in [-0.39, 0.29) is 11.7 Å². The standard InChI is InChI=1S/C18H19ClFNO2S/c1-2-16(23-17-6-4-3-5-15(17)20)18(22)21-11-12-24-14-9-7-13(19)8-10-14/h3-10,16H,2,11-12H2,1H3,(H,21,22)/t16-/m1/s1. The van der Waals surface area contributed by atoms with Crippen LogP contribution in [-0.2, 0) is 4.79 Å². The normalized spacial score (nSPS) is 11.8. The molecule has 6 heteroatoms. The Kier molecular flexibility index (Phi) is 7.40. The molecule has 1 amide bonds. The Morgan fingerprint density at radius 3 is 2.62 bits per heavy atom. The van der Waals surface area contributed by atoms with Crippen molar-refractivity contribution >= 4 is 29.3 Å². The Hall–Kier alpha value is -1.72. The second-order valence-electron chi connectivity index (χ2n) is 5.04. The zero-order chi connectivity index (χ0) is 17.4. The number of hydrogen-bond acceptors (Lipinski definition) is 3. The van der Waals surface area contributed by atoms with Crippen LogP contribution in [0.3, 0.4) is 0 Å². The first-order valence-corrected chi connectivity index (χ1v) is 9.03. The average Bonchev–Trinajstić information content (AvgIpc) is 2.59. The lowest BCUT2D eigenvalue weighted by molar-refractivity contribution is -0.128. The average molecular weight is 368 g/mol. The van der Waals surface area contributed by atoms with Crippen LogP contribution in [0.1, 0.15) is 13.3 Å². The van der Waals surface area contributed by atoms with E-state index in [9.17, 15) is 9.18 Å². The summed E-state index contributed by atoms with van der Waals surface area (Å²) < 4.78 is 19.1. The molecule has 0 aromatic heterocycles. The van der Waals surface area contributed by atoms with Crippen LogP contribution in [0, 0.1) is 5.82 Å². The Balaban J connectivity index is 1.77. The first-order chi connectivity index (χ1) is 11.6. The molecular formula is C18H19ClFNO2S. The van der Waals surface area contributed by atoms with Crippen LogP contribution in [0.25, 0.3) is 0 Å². The molecule has 3 nitrogen and oxygen atoms in total. The van der Waals surface area contributed by atoms with Gasteiger partial charge in [0.25, 0.3) is 5.91 Å². The van der Waals surface area contributed by atoms with Gasteiger partial charge in [-0.1, -0.05) is 30.7 Å². The van der Waals surface area contributed by atoms with E-state index in [2.05, 4.69) is 5.32 Å². The molecule has 0 saturated carbocycles. The molecule has 0 aliphatic rings. The van der Waals surface area contributed by atoms with Crippen molar-refractivity contribution in [2.24, 2.45) is 0 Å². The van der Waals surface area contributed by atoms with E-state index >= 15 is 0 Å². The fraction of sp³-hybridized carbons (Fsp3) is 0.278. The lowest BCUT2D eigenvalue weighted by atomic mass is 10.2. The van der Waals surface area contributed by atoms with Gasteiger partial charge in [-0.2, -0.15) is 0 Å². The van der Waals surface area contributed by atoms with Crippen molar-refractivity contribution < 1.29 is 13.9 Å². The van der Waals surface area contributed by atoms with Gasteiger partial charge in [0, 0.05) is 22.2 Å². The van der Waals surface area contributed by atoms with Gasteiger partial charge in [0.15, 0.2) is 17.7 Å². The van der Waals surface area contributed by atoms with Crippen molar-refractivity contribution in [2.45, 2.75) is 24.3 Å². The summed E-state index contributed by atoms with van der Waals surface area (Å²) in [4.78, 5) is 13.2. The van der Waals surface area contributed by atoms with E-state index in [1.807, 2.05) is 31.2 Å². The van der Waals surface area contributed by atoms with Gasteiger partial charge in [0.05, 0.1) is 0 Å². The minimum atomic E-state index is -0.706. The minimum Gasteiger partial charge on any atom is -0.478 e. The van der Waals surface area contributed by atoms with Gasteiger partial charge < -0.3 is 10.1 Å². The number of halogens is 2. The summed E-state index contributed by atoms with van der Waals surface area (Å²) in [6, 6.07) is 13.6. The van der Waals surface area contributed by atoms with Crippen LogP contribution in [0.2, 0.25) is 5.02 Å². The highest BCUT2D eigenvalue weighted by Crippen LogP contribution is 2.20. The zero-order valence-corrected chi connectivity index (χ0v) is 14.9. The maximum atomic E-state index is 13.6. The predicted octanol–water partition coefficient (Wildman–Crippen LogP) is 4.55. The van der Waals surface area contributed by atoms with Gasteiger partial charge in [0.2, 0.25) is 0 Å². The van der Waals surface area contributed by atoms with Crippen molar-refractivity contribution in [2.75, 3.05) is 12.3 Å². The fourth-order valence-electron chi connectivity index (χ4n) is 2.00. The molecule has 24 heavy (non-hydrogen) atoms. The number of hydrogen-bond donors (Lipinski definition) is 1. The van der Waals surface area contributed by atoms with Gasteiger partial charge >= 0.3 is 0 Å². The van der Waals surface area contributed by atoms with E-state index < -0.39 is 11.9 Å². The summed E-state index contributed by atoms with van der Waals surface area (Å²) in [6.45, 7) is 2.33. The van der Waals surface area contributed by atoms with Crippen molar-refractivity contribution in [3.05, 3.63) is 59.4 Å². The van der Waals surface area contributed by atoms with Gasteiger partial charge in [-0.05, 0) is 42.8 Å². The molecule has 0 saturated heterocycles. The molecule has 0 spiro atoms. The Morgan fingerprint density at radius 2 is 1.96 bits per heavy atom. The quantitative estimate of drug-likeness (QED) is 0.549. The molecule has 0 heterocycles. The van der Waals surface area contributed by atoms with Crippen LogP contribution < -0.4 is 10.1 Å². The first-order valence-electron chi connectivity index (χ1n) is 7.67. The number of carbonyl (C=O) groups is 1. The third kappa shape index (κ3) is 5.73. The summed E-state index contributed by atoms with van der Waals surface area (Å²) in [7, 11) is 0. The number of carbonyl (C=O) groups excluding carboxylic acids is 1. The maximum absolute atomic E-state index is 13.6. The monoisotopic (exact) mass is 367 g/mol. The van der Waals surface area contributed by atoms with Crippen LogP contribution in [0.4, 0.5) is 4.39 Å². The molecule has 0 aliphatic heterocycles. The molecule has 0 aliphatic carbocycles. The molecule has 0 bridgehead atoms. The van der Waals surface area contributed by atoms with Gasteiger partial charge in [-0.25, -0.2) is 4.39 Å². The molecule has 2 rings (SSSR count). The Labute approximate surface area is 150 Å². The van der Waals surface area contributed by atoms with Crippen LogP contribution >= 0.6 is 23.4 Å². The van der Waals surface area contributed by atoms with E-state index in [1.165, 1.54) is 12.1 Å². The molecule has 0 unspecified atom stereocenters. The summed E-state index contributed by atoms with van der Waals surface area (Å²) in [6.07, 6.45) is -0.243. The SMILES string of the molecule is CC[C@@H](Oc1ccccc1F)C(=O)NCCSc1ccc(Cl)cc1. The van der Waals surface area contributed by atoms with E-state index in [1.54, 1.807) is 23.9 Å². The predicted molar refractivity (Wildman–Crippen MR) is 96.3 cm³/mol. The molecule has 0 radical (unpaired) electrons. The van der Waals surface area contributed by atoms with E-state index in [4.69, 9.17) is 16.3 Å². The van der Waals surface area contributed by atoms with Crippen LogP contribution in [-0.4, -0.2) is 24.3 Å². The van der Waals surface area contributed by atoms with Crippen molar-refractivity contribution in [1.29, 1.82) is 0 Å². The molecule has 0 fully saturated rings. The highest BCUT2D eigenvalue weighted by molar-refractivity contribution is 7.99. The summed E-state index contributed by atoms with van der Waals surface area (Å²) in [5, 5.41) is 3.52. The van der Waals surface area contributed by atoms with E-state index in [0.717, 1.165) is 10.6 Å². The molecule has 2 aromatic carbocycles.